The molecule has 10 heteroatoms. The van der Waals surface area contributed by atoms with Crippen molar-refractivity contribution in [3.05, 3.63) is 78.6 Å². The third-order valence-corrected chi connectivity index (χ3v) is 6.95. The van der Waals surface area contributed by atoms with Gasteiger partial charge in [-0.2, -0.15) is 0 Å². The fourth-order valence-electron chi connectivity index (χ4n) is 4.17. The first-order valence-corrected chi connectivity index (χ1v) is 12.9. The molecule has 0 saturated heterocycles. The minimum Gasteiger partial charge on any atom is -0.497 e. The second-order valence-electron chi connectivity index (χ2n) is 8.45. The maximum atomic E-state index is 13.4. The zero-order chi connectivity index (χ0) is 25.6. The summed E-state index contributed by atoms with van der Waals surface area (Å²) in [5.74, 6) is 1.05. The van der Waals surface area contributed by atoms with Crippen LogP contribution < -0.4 is 15.0 Å². The molecule has 0 spiro atoms. The van der Waals surface area contributed by atoms with Crippen LogP contribution in [0.1, 0.15) is 12.0 Å². The van der Waals surface area contributed by atoms with Gasteiger partial charge >= 0.3 is 0 Å². The van der Waals surface area contributed by atoms with Gasteiger partial charge < -0.3 is 15.0 Å². The van der Waals surface area contributed by atoms with Crippen LogP contribution in [0.2, 0.25) is 0 Å². The Labute approximate surface area is 218 Å². The van der Waals surface area contributed by atoms with E-state index in [-0.39, 0.29) is 24.1 Å². The van der Waals surface area contributed by atoms with Crippen molar-refractivity contribution in [3.63, 3.8) is 0 Å². The number of carbonyl (C=O) groups excluding carboxylic acids is 2. The highest BCUT2D eigenvalue weighted by Crippen LogP contribution is 2.28. The summed E-state index contributed by atoms with van der Waals surface area (Å²) in [6, 6.07) is 18.7. The van der Waals surface area contributed by atoms with Crippen molar-refractivity contribution in [2.24, 2.45) is 0 Å². The number of nitrogens with one attached hydrogen (secondary N) is 1. The Balaban J connectivity index is 1.33. The Hall–Kier alpha value is -4.18. The predicted octanol–water partition coefficient (Wildman–Crippen LogP) is 4.06. The molecule has 0 atom stereocenters. The summed E-state index contributed by atoms with van der Waals surface area (Å²) in [5.41, 5.74) is 3.57. The summed E-state index contributed by atoms with van der Waals surface area (Å²) < 4.78 is 6.74. The summed E-state index contributed by atoms with van der Waals surface area (Å²) >= 11 is 1.24. The average Bonchev–Trinajstić information content (AvgIpc) is 3.35. The van der Waals surface area contributed by atoms with Gasteiger partial charge in [0, 0.05) is 35.9 Å². The van der Waals surface area contributed by atoms with Crippen molar-refractivity contribution < 1.29 is 14.3 Å². The molecule has 0 aliphatic carbocycles. The van der Waals surface area contributed by atoms with Gasteiger partial charge in [0.1, 0.15) is 12.3 Å². The Morgan fingerprint density at radius 3 is 2.62 bits per heavy atom. The van der Waals surface area contributed by atoms with Crippen LogP contribution in [0.5, 0.6) is 5.75 Å². The van der Waals surface area contributed by atoms with Crippen LogP contribution in [-0.4, -0.2) is 51.0 Å². The number of aryl methyl sites for hydroxylation is 1. The third kappa shape index (κ3) is 5.80. The Morgan fingerprint density at radius 1 is 1.05 bits per heavy atom. The highest BCUT2D eigenvalue weighted by molar-refractivity contribution is 7.99. The van der Waals surface area contributed by atoms with E-state index in [1.807, 2.05) is 35.2 Å². The number of anilines is 2. The number of fused-ring (bicyclic) bond motifs is 1. The van der Waals surface area contributed by atoms with Crippen LogP contribution in [0.4, 0.5) is 11.4 Å². The van der Waals surface area contributed by atoms with Crippen molar-refractivity contribution in [1.29, 1.82) is 0 Å². The van der Waals surface area contributed by atoms with Gasteiger partial charge in [-0.1, -0.05) is 30.0 Å². The molecule has 0 radical (unpaired) electrons. The van der Waals surface area contributed by atoms with Gasteiger partial charge in [-0.25, -0.2) is 9.67 Å². The minimum absolute atomic E-state index is 0.0227. The number of hydrogen-bond acceptors (Lipinski definition) is 7. The summed E-state index contributed by atoms with van der Waals surface area (Å²) in [4.78, 5) is 36.5. The number of thioether (sulfide) groups is 1. The first-order valence-electron chi connectivity index (χ1n) is 11.9. The molecule has 0 saturated carbocycles. The van der Waals surface area contributed by atoms with E-state index in [0.29, 0.717) is 29.0 Å². The lowest BCUT2D eigenvalue weighted by molar-refractivity contribution is -0.119. The molecule has 1 N–H and O–H groups in total. The lowest BCUT2D eigenvalue weighted by Gasteiger charge is -2.29. The summed E-state index contributed by atoms with van der Waals surface area (Å²) in [6.07, 6.45) is 5.21. The molecule has 0 unspecified atom stereocenters. The Morgan fingerprint density at radius 2 is 1.84 bits per heavy atom. The monoisotopic (exact) mass is 514 g/mol. The fraction of sp³-hybridized carbons (Fsp3) is 0.222. The lowest BCUT2D eigenvalue weighted by atomic mass is 10.0. The number of aromatic nitrogens is 4. The number of hydrogen-bond donors (Lipinski definition) is 1. The molecular weight excluding hydrogens is 488 g/mol. The van der Waals surface area contributed by atoms with E-state index < -0.39 is 0 Å². The molecule has 5 rings (SSSR count). The maximum absolute atomic E-state index is 13.4. The lowest BCUT2D eigenvalue weighted by Crippen LogP contribution is -2.38. The van der Waals surface area contributed by atoms with E-state index in [9.17, 15) is 9.59 Å². The number of nitrogens with zero attached hydrogens (tertiary/aromatic N) is 5. The van der Waals surface area contributed by atoms with Crippen molar-refractivity contribution >= 4 is 35.0 Å². The van der Waals surface area contributed by atoms with Crippen molar-refractivity contribution in [2.45, 2.75) is 24.5 Å². The Bertz CT molecular complexity index is 1390. The van der Waals surface area contributed by atoms with Crippen LogP contribution >= 0.6 is 11.8 Å². The topological polar surface area (TPSA) is 102 Å². The van der Waals surface area contributed by atoms with Crippen LogP contribution in [0.3, 0.4) is 0 Å². The van der Waals surface area contributed by atoms with E-state index in [0.717, 1.165) is 24.1 Å². The van der Waals surface area contributed by atoms with Crippen LogP contribution in [0.15, 0.2) is 78.2 Å². The second-order valence-corrected chi connectivity index (χ2v) is 9.40. The summed E-state index contributed by atoms with van der Waals surface area (Å²) in [7, 11) is 1.59. The van der Waals surface area contributed by atoms with Gasteiger partial charge in [-0.05, 0) is 60.9 Å². The number of pyridine rings is 1. The van der Waals surface area contributed by atoms with Gasteiger partial charge in [-0.15, -0.1) is 5.10 Å². The molecule has 2 aromatic heterocycles. The highest BCUT2D eigenvalue weighted by atomic mass is 32.2. The molecule has 2 aromatic carbocycles. The molecule has 1 aliphatic heterocycles. The maximum Gasteiger partial charge on any atom is 0.248 e. The number of rotatable bonds is 8. The quantitative estimate of drug-likeness (QED) is 0.354. The van der Waals surface area contributed by atoms with Gasteiger partial charge in [0.15, 0.2) is 11.0 Å². The molecule has 0 fully saturated rings. The summed E-state index contributed by atoms with van der Waals surface area (Å²) in [6.45, 7) is 0.684. The van der Waals surface area contributed by atoms with Crippen LogP contribution in [0, 0.1) is 0 Å². The van der Waals surface area contributed by atoms with Crippen molar-refractivity contribution in [3.8, 4) is 17.1 Å². The van der Waals surface area contributed by atoms with E-state index >= 15 is 0 Å². The SMILES string of the molecule is COc1ccc(NC(=O)CSc2nc(-c3ccncc3)nn2CC(=O)N2CCCc3ccccc32)cc1. The van der Waals surface area contributed by atoms with Gasteiger partial charge in [0.25, 0.3) is 0 Å². The number of ether oxygens (including phenoxy) is 1. The molecule has 9 nitrogen and oxygen atoms in total. The highest BCUT2D eigenvalue weighted by Gasteiger charge is 2.24. The van der Waals surface area contributed by atoms with E-state index in [2.05, 4.69) is 26.4 Å². The summed E-state index contributed by atoms with van der Waals surface area (Å²) in [5, 5.41) is 7.98. The predicted molar refractivity (Wildman–Crippen MR) is 143 cm³/mol. The van der Waals surface area contributed by atoms with Crippen molar-refractivity contribution in [1.82, 2.24) is 19.7 Å². The number of carbonyl (C=O) groups is 2. The van der Waals surface area contributed by atoms with Gasteiger partial charge in [-0.3, -0.25) is 14.6 Å². The molecule has 1 aliphatic rings. The van der Waals surface area contributed by atoms with E-state index in [1.165, 1.54) is 17.3 Å². The van der Waals surface area contributed by atoms with Gasteiger partial charge in [0.05, 0.1) is 12.9 Å². The van der Waals surface area contributed by atoms with Crippen LogP contribution in [0.25, 0.3) is 11.4 Å². The molecule has 0 bridgehead atoms. The van der Waals surface area contributed by atoms with Crippen LogP contribution in [-0.2, 0) is 22.6 Å². The molecule has 188 valence electrons. The normalized spacial score (nSPS) is 12.6. The smallest absolute Gasteiger partial charge is 0.248 e. The Kier molecular flexibility index (Phi) is 7.46. The first-order chi connectivity index (χ1) is 18.1. The number of benzene rings is 2. The number of methoxy groups -OCH3 is 1. The third-order valence-electron chi connectivity index (χ3n) is 5.98. The standard InChI is InChI=1S/C27H26N6O3S/c1-36-22-10-8-21(9-11-22)29-24(34)18-37-27-30-26(20-12-14-28-15-13-20)31-33(27)17-25(35)32-16-4-6-19-5-2-3-7-23(19)32/h2-3,5,7-15H,4,6,16-18H2,1H3,(H,29,34). The van der Waals surface area contributed by atoms with E-state index in [1.54, 1.807) is 48.5 Å². The minimum atomic E-state index is -0.188. The number of para-hydroxylation sites is 1. The largest absolute Gasteiger partial charge is 0.497 e. The molecule has 3 heterocycles. The van der Waals surface area contributed by atoms with E-state index in [4.69, 9.17) is 4.74 Å². The zero-order valence-corrected chi connectivity index (χ0v) is 21.1. The van der Waals surface area contributed by atoms with Gasteiger partial charge in [0.2, 0.25) is 11.8 Å². The fourth-order valence-corrected chi connectivity index (χ4v) is 4.91. The molecule has 37 heavy (non-hydrogen) atoms. The molecular formula is C27H26N6O3S. The zero-order valence-electron chi connectivity index (χ0n) is 20.3. The molecule has 4 aromatic rings. The number of amides is 2. The van der Waals surface area contributed by atoms with Crippen molar-refractivity contribution in [2.75, 3.05) is 29.6 Å². The first kappa shape index (κ1) is 24.5. The second kappa shape index (κ2) is 11.3. The molecule has 2 amide bonds. The average molecular weight is 515 g/mol.